The van der Waals surface area contributed by atoms with Crippen LogP contribution in [-0.2, 0) is 5.54 Å². The van der Waals surface area contributed by atoms with Crippen LogP contribution in [0.5, 0.6) is 0 Å². The normalized spacial score (nSPS) is 17.4. The lowest BCUT2D eigenvalue weighted by Gasteiger charge is -2.41. The molecule has 0 radical (unpaired) electrons. The Kier molecular flexibility index (Phi) is 2.85. The highest BCUT2D eigenvalue weighted by Gasteiger charge is 2.37. The average Bonchev–Trinajstić information content (AvgIpc) is 2.74. The molecule has 1 heterocycles. The van der Waals surface area contributed by atoms with Crippen molar-refractivity contribution >= 4 is 17.0 Å². The molecule has 0 spiro atoms. The Balaban J connectivity index is 2.29. The second kappa shape index (κ2) is 4.33. The molecule has 3 rings (SSSR count). The van der Waals surface area contributed by atoms with E-state index in [1.54, 1.807) is 12.1 Å². The number of aromatic carboxylic acids is 1. The van der Waals surface area contributed by atoms with Crippen LogP contribution >= 0.6 is 0 Å². The van der Waals surface area contributed by atoms with E-state index in [1.807, 2.05) is 6.07 Å². The third-order valence-corrected chi connectivity index (χ3v) is 4.41. The average molecular weight is 272 g/mol. The number of hydrogen-bond acceptors (Lipinski definition) is 2. The molecule has 1 aliphatic rings. The molecule has 0 atom stereocenters. The van der Waals surface area contributed by atoms with E-state index in [-0.39, 0.29) is 5.54 Å². The van der Waals surface area contributed by atoms with Gasteiger partial charge in [0.25, 0.3) is 0 Å². The molecule has 0 amide bonds. The first-order valence-electron chi connectivity index (χ1n) is 7.18. The van der Waals surface area contributed by atoms with Crippen LogP contribution < -0.4 is 0 Å². The van der Waals surface area contributed by atoms with Crippen molar-refractivity contribution in [3.8, 4) is 0 Å². The lowest BCUT2D eigenvalue weighted by Crippen LogP contribution is -2.38. The van der Waals surface area contributed by atoms with Crippen LogP contribution in [0.1, 0.15) is 62.1 Å². The van der Waals surface area contributed by atoms with Gasteiger partial charge in [0.05, 0.1) is 16.6 Å². The van der Waals surface area contributed by atoms with Crippen LogP contribution in [0.15, 0.2) is 18.2 Å². The lowest BCUT2D eigenvalue weighted by atomic mass is 9.78. The molecule has 2 aromatic rings. The van der Waals surface area contributed by atoms with Crippen molar-refractivity contribution in [2.45, 2.75) is 51.5 Å². The second-order valence-corrected chi connectivity index (χ2v) is 6.32. The number of carbonyl (C=O) groups is 1. The number of carboxylic acids is 1. The monoisotopic (exact) mass is 272 g/mol. The van der Waals surface area contributed by atoms with Gasteiger partial charge in [0, 0.05) is 11.5 Å². The van der Waals surface area contributed by atoms with Gasteiger partial charge in [0.1, 0.15) is 5.82 Å². The van der Waals surface area contributed by atoms with Crippen LogP contribution in [0.4, 0.5) is 0 Å². The second-order valence-electron chi connectivity index (χ2n) is 6.32. The number of hydrogen-bond donors (Lipinski definition) is 1. The smallest absolute Gasteiger partial charge is 0.335 e. The summed E-state index contributed by atoms with van der Waals surface area (Å²) in [6.45, 7) is 6.52. The van der Waals surface area contributed by atoms with E-state index in [2.05, 4.69) is 25.3 Å². The number of nitrogens with zero attached hydrogens (tertiary/aromatic N) is 2. The summed E-state index contributed by atoms with van der Waals surface area (Å²) < 4.78 is 2.28. The molecule has 4 heteroatoms. The van der Waals surface area contributed by atoms with Gasteiger partial charge in [-0.15, -0.1) is 0 Å². The fourth-order valence-corrected chi connectivity index (χ4v) is 3.09. The van der Waals surface area contributed by atoms with Crippen molar-refractivity contribution in [2.24, 2.45) is 0 Å². The summed E-state index contributed by atoms with van der Waals surface area (Å²) in [7, 11) is 0. The van der Waals surface area contributed by atoms with Crippen molar-refractivity contribution in [3.63, 3.8) is 0 Å². The van der Waals surface area contributed by atoms with Crippen molar-refractivity contribution in [1.29, 1.82) is 0 Å². The van der Waals surface area contributed by atoms with Gasteiger partial charge < -0.3 is 9.67 Å². The Bertz CT molecular complexity index is 681. The standard InChI is InChI=1S/C16H20N2O2/c1-10(2)14-17-12-6-5-11(15(19)20)9-13(12)18(14)16(3)7-4-8-16/h5-6,9-10H,4,7-8H2,1-3H3,(H,19,20). The largest absolute Gasteiger partial charge is 0.478 e. The summed E-state index contributed by atoms with van der Waals surface area (Å²) in [5, 5.41) is 9.20. The maximum Gasteiger partial charge on any atom is 0.335 e. The maximum atomic E-state index is 11.2. The number of aromatic nitrogens is 2. The van der Waals surface area contributed by atoms with Gasteiger partial charge in [0.15, 0.2) is 0 Å². The molecular weight excluding hydrogens is 252 g/mol. The van der Waals surface area contributed by atoms with E-state index >= 15 is 0 Å². The molecule has 1 aromatic carbocycles. The molecule has 0 saturated heterocycles. The van der Waals surface area contributed by atoms with Crippen molar-refractivity contribution < 1.29 is 9.90 Å². The third-order valence-electron chi connectivity index (χ3n) is 4.41. The quantitative estimate of drug-likeness (QED) is 0.925. The summed E-state index contributed by atoms with van der Waals surface area (Å²) in [5.41, 5.74) is 2.27. The minimum Gasteiger partial charge on any atom is -0.478 e. The minimum absolute atomic E-state index is 0.0888. The van der Waals surface area contributed by atoms with Gasteiger partial charge in [-0.2, -0.15) is 0 Å². The highest BCUT2D eigenvalue weighted by Crippen LogP contribution is 2.42. The van der Waals surface area contributed by atoms with Crippen molar-refractivity contribution in [3.05, 3.63) is 29.6 Å². The molecular formula is C16H20N2O2. The molecule has 1 aromatic heterocycles. The highest BCUT2D eigenvalue weighted by molar-refractivity contribution is 5.92. The molecule has 20 heavy (non-hydrogen) atoms. The number of rotatable bonds is 3. The zero-order valence-corrected chi connectivity index (χ0v) is 12.2. The number of benzene rings is 1. The molecule has 0 aliphatic heterocycles. The summed E-state index contributed by atoms with van der Waals surface area (Å²) in [6, 6.07) is 5.22. The van der Waals surface area contributed by atoms with Gasteiger partial charge in [-0.3, -0.25) is 0 Å². The molecule has 0 unspecified atom stereocenters. The minimum atomic E-state index is -0.885. The number of fused-ring (bicyclic) bond motifs is 1. The fourth-order valence-electron chi connectivity index (χ4n) is 3.09. The Labute approximate surface area is 118 Å². The fraction of sp³-hybridized carbons (Fsp3) is 0.500. The van der Waals surface area contributed by atoms with Gasteiger partial charge >= 0.3 is 5.97 Å². The van der Waals surface area contributed by atoms with E-state index in [0.29, 0.717) is 11.5 Å². The van der Waals surface area contributed by atoms with Gasteiger partial charge in [-0.1, -0.05) is 13.8 Å². The van der Waals surface area contributed by atoms with Gasteiger partial charge in [0.2, 0.25) is 0 Å². The molecule has 4 nitrogen and oxygen atoms in total. The molecule has 106 valence electrons. The summed E-state index contributed by atoms with van der Waals surface area (Å²) >= 11 is 0. The summed E-state index contributed by atoms with van der Waals surface area (Å²) in [5.74, 6) is 0.502. The lowest BCUT2D eigenvalue weighted by molar-refractivity contribution is 0.0697. The molecule has 1 N–H and O–H groups in total. The third kappa shape index (κ3) is 1.82. The first-order valence-corrected chi connectivity index (χ1v) is 7.18. The van der Waals surface area contributed by atoms with Crippen molar-refractivity contribution in [1.82, 2.24) is 9.55 Å². The first-order chi connectivity index (χ1) is 9.42. The SMILES string of the molecule is CC(C)c1nc2ccc(C(=O)O)cc2n1C1(C)CCC1. The summed E-state index contributed by atoms with van der Waals surface area (Å²) in [4.78, 5) is 15.9. The number of imidazole rings is 1. The van der Waals surface area contributed by atoms with E-state index in [0.717, 1.165) is 29.7 Å². The first kappa shape index (κ1) is 13.2. The van der Waals surface area contributed by atoms with E-state index < -0.39 is 5.97 Å². The molecule has 1 saturated carbocycles. The van der Waals surface area contributed by atoms with E-state index in [4.69, 9.17) is 4.98 Å². The Morgan fingerprint density at radius 3 is 2.60 bits per heavy atom. The Morgan fingerprint density at radius 2 is 2.10 bits per heavy atom. The Hall–Kier alpha value is -1.84. The van der Waals surface area contributed by atoms with Gasteiger partial charge in [-0.25, -0.2) is 9.78 Å². The van der Waals surface area contributed by atoms with Crippen molar-refractivity contribution in [2.75, 3.05) is 0 Å². The van der Waals surface area contributed by atoms with Gasteiger partial charge in [-0.05, 0) is 44.4 Å². The molecule has 1 fully saturated rings. The van der Waals surface area contributed by atoms with Crippen LogP contribution in [0.25, 0.3) is 11.0 Å². The topological polar surface area (TPSA) is 55.1 Å². The van der Waals surface area contributed by atoms with Crippen LogP contribution in [0, 0.1) is 0 Å². The number of carboxylic acid groups (broad SMARTS) is 1. The zero-order chi connectivity index (χ0) is 14.5. The van der Waals surface area contributed by atoms with Crippen LogP contribution in [-0.4, -0.2) is 20.6 Å². The van der Waals surface area contributed by atoms with E-state index in [9.17, 15) is 9.90 Å². The maximum absolute atomic E-state index is 11.2. The summed E-state index contributed by atoms with van der Waals surface area (Å²) in [6.07, 6.45) is 3.50. The van der Waals surface area contributed by atoms with Crippen LogP contribution in [0.2, 0.25) is 0 Å². The zero-order valence-electron chi connectivity index (χ0n) is 12.2. The predicted molar refractivity (Wildman–Crippen MR) is 78.3 cm³/mol. The van der Waals surface area contributed by atoms with Crippen LogP contribution in [0.3, 0.4) is 0 Å². The highest BCUT2D eigenvalue weighted by atomic mass is 16.4. The molecule has 0 bridgehead atoms. The van der Waals surface area contributed by atoms with E-state index in [1.165, 1.54) is 6.42 Å². The Morgan fingerprint density at radius 1 is 1.40 bits per heavy atom. The predicted octanol–water partition coefficient (Wildman–Crippen LogP) is 3.76. The molecule has 1 aliphatic carbocycles.